The minimum Gasteiger partial charge on any atom is -0.497 e. The van der Waals surface area contributed by atoms with E-state index in [1.165, 1.54) is 17.4 Å². The monoisotopic (exact) mass is 353 g/mol. The predicted molar refractivity (Wildman–Crippen MR) is 97.1 cm³/mol. The van der Waals surface area contributed by atoms with Gasteiger partial charge >= 0.3 is 0 Å². The van der Waals surface area contributed by atoms with Gasteiger partial charge in [0.1, 0.15) is 17.2 Å². The Hall–Kier alpha value is -3.19. The molecule has 3 aromatic rings. The van der Waals surface area contributed by atoms with Crippen LogP contribution in [0.4, 0.5) is 5.69 Å². The molecule has 0 unspecified atom stereocenters. The number of anilines is 1. The van der Waals surface area contributed by atoms with E-state index < -0.39 is 0 Å². The highest BCUT2D eigenvalue weighted by Gasteiger charge is 2.08. The van der Waals surface area contributed by atoms with Crippen molar-refractivity contribution >= 4 is 29.0 Å². The molecule has 2 heterocycles. The first kappa shape index (κ1) is 16.7. The number of hydrogen-bond acceptors (Lipinski definition) is 6. The molecule has 0 spiro atoms. The number of aromatic nitrogens is 2. The van der Waals surface area contributed by atoms with E-state index in [4.69, 9.17) is 9.47 Å². The Kier molecular flexibility index (Phi) is 5.38. The predicted octanol–water partition coefficient (Wildman–Crippen LogP) is 3.99. The number of amides is 1. The maximum Gasteiger partial charge on any atom is 0.248 e. The number of benzene rings is 1. The van der Waals surface area contributed by atoms with Crippen LogP contribution in [0.1, 0.15) is 5.69 Å². The molecule has 0 aliphatic rings. The third kappa shape index (κ3) is 4.65. The van der Waals surface area contributed by atoms with Crippen LogP contribution in [-0.4, -0.2) is 23.0 Å². The van der Waals surface area contributed by atoms with E-state index >= 15 is 0 Å². The second kappa shape index (κ2) is 8.07. The van der Waals surface area contributed by atoms with Gasteiger partial charge in [-0.05, 0) is 42.5 Å². The van der Waals surface area contributed by atoms with Gasteiger partial charge in [0, 0.05) is 17.7 Å². The number of nitrogens with zero attached hydrogens (tertiary/aromatic N) is 2. The molecule has 126 valence electrons. The van der Waals surface area contributed by atoms with Gasteiger partial charge in [-0.3, -0.25) is 4.79 Å². The van der Waals surface area contributed by atoms with Gasteiger partial charge in [0.15, 0.2) is 0 Å². The van der Waals surface area contributed by atoms with Gasteiger partial charge in [0.2, 0.25) is 11.8 Å². The highest BCUT2D eigenvalue weighted by atomic mass is 32.1. The van der Waals surface area contributed by atoms with Crippen molar-refractivity contribution in [3.05, 3.63) is 65.3 Å². The van der Waals surface area contributed by atoms with Gasteiger partial charge in [-0.15, -0.1) is 11.3 Å². The number of rotatable bonds is 6. The van der Waals surface area contributed by atoms with E-state index in [0.717, 1.165) is 11.4 Å². The highest BCUT2D eigenvalue weighted by molar-refractivity contribution is 7.07. The molecule has 0 atom stereocenters. The standard InChI is InChI=1S/C18H15N3O3S/c1-23-14-5-7-15(8-6-14)24-18-16(3-2-10-19-18)21-17(22)9-4-13-11-25-12-20-13/h2-12H,1H3,(H,21,22)/b9-4+. The molecule has 0 bridgehead atoms. The molecular formula is C18H15N3O3S. The first-order valence-corrected chi connectivity index (χ1v) is 8.33. The maximum absolute atomic E-state index is 12.1. The molecule has 1 N–H and O–H groups in total. The third-order valence-corrected chi connectivity index (χ3v) is 3.76. The van der Waals surface area contributed by atoms with E-state index in [9.17, 15) is 4.79 Å². The SMILES string of the molecule is COc1ccc(Oc2ncccc2NC(=O)/C=C/c2cscn2)cc1. The molecule has 2 aromatic heterocycles. The molecule has 25 heavy (non-hydrogen) atoms. The van der Waals surface area contributed by atoms with Crippen molar-refractivity contribution in [1.82, 2.24) is 9.97 Å². The van der Waals surface area contributed by atoms with E-state index in [0.29, 0.717) is 17.3 Å². The van der Waals surface area contributed by atoms with Crippen LogP contribution in [0, 0.1) is 0 Å². The van der Waals surface area contributed by atoms with Crippen LogP contribution in [-0.2, 0) is 4.79 Å². The Labute approximate surface area is 148 Å². The summed E-state index contributed by atoms with van der Waals surface area (Å²) < 4.78 is 10.9. The van der Waals surface area contributed by atoms with Gasteiger partial charge in [0.05, 0.1) is 18.3 Å². The summed E-state index contributed by atoms with van der Waals surface area (Å²) in [6.07, 6.45) is 4.66. The number of ether oxygens (including phenoxy) is 2. The number of thiazole rings is 1. The van der Waals surface area contributed by atoms with E-state index in [2.05, 4.69) is 15.3 Å². The molecule has 7 heteroatoms. The minimum absolute atomic E-state index is 0.291. The van der Waals surface area contributed by atoms with Gasteiger partial charge < -0.3 is 14.8 Å². The maximum atomic E-state index is 12.1. The zero-order valence-electron chi connectivity index (χ0n) is 13.4. The molecular weight excluding hydrogens is 338 g/mol. The van der Waals surface area contributed by atoms with Crippen LogP contribution < -0.4 is 14.8 Å². The fourth-order valence-electron chi connectivity index (χ4n) is 1.96. The molecule has 0 saturated heterocycles. The Balaban J connectivity index is 1.70. The average Bonchev–Trinajstić information content (AvgIpc) is 3.16. The van der Waals surface area contributed by atoms with Crippen LogP contribution in [0.3, 0.4) is 0 Å². The summed E-state index contributed by atoms with van der Waals surface area (Å²) in [7, 11) is 1.60. The lowest BCUT2D eigenvalue weighted by atomic mass is 10.3. The summed E-state index contributed by atoms with van der Waals surface area (Å²) in [6.45, 7) is 0. The number of carbonyl (C=O) groups is 1. The quantitative estimate of drug-likeness (QED) is 0.678. The molecule has 1 aromatic carbocycles. The number of hydrogen-bond donors (Lipinski definition) is 1. The molecule has 0 fully saturated rings. The van der Waals surface area contributed by atoms with Crippen molar-refractivity contribution in [3.63, 3.8) is 0 Å². The van der Waals surface area contributed by atoms with Crippen molar-refractivity contribution in [2.24, 2.45) is 0 Å². The van der Waals surface area contributed by atoms with Crippen molar-refractivity contribution in [2.45, 2.75) is 0 Å². The lowest BCUT2D eigenvalue weighted by Gasteiger charge is -2.10. The number of nitrogens with one attached hydrogen (secondary N) is 1. The van der Waals surface area contributed by atoms with Gasteiger partial charge in [-0.25, -0.2) is 9.97 Å². The van der Waals surface area contributed by atoms with Crippen LogP contribution in [0.15, 0.2) is 59.6 Å². The van der Waals surface area contributed by atoms with Crippen LogP contribution in [0.5, 0.6) is 17.4 Å². The second-order valence-electron chi connectivity index (χ2n) is 4.87. The van der Waals surface area contributed by atoms with Crippen molar-refractivity contribution in [3.8, 4) is 17.4 Å². The topological polar surface area (TPSA) is 73.3 Å². The summed E-state index contributed by atoms with van der Waals surface area (Å²) in [4.78, 5) is 20.3. The summed E-state index contributed by atoms with van der Waals surface area (Å²) in [6, 6.07) is 10.5. The van der Waals surface area contributed by atoms with Gasteiger partial charge in [0.25, 0.3) is 0 Å². The normalized spacial score (nSPS) is 10.6. The molecule has 0 aliphatic heterocycles. The van der Waals surface area contributed by atoms with Crippen molar-refractivity contribution < 1.29 is 14.3 Å². The van der Waals surface area contributed by atoms with E-state index in [-0.39, 0.29) is 5.91 Å². The second-order valence-corrected chi connectivity index (χ2v) is 5.59. The highest BCUT2D eigenvalue weighted by Crippen LogP contribution is 2.28. The molecule has 0 aliphatic carbocycles. The smallest absolute Gasteiger partial charge is 0.248 e. The van der Waals surface area contributed by atoms with E-state index in [1.54, 1.807) is 61.3 Å². The van der Waals surface area contributed by atoms with Crippen LogP contribution in [0.2, 0.25) is 0 Å². The summed E-state index contributed by atoms with van der Waals surface area (Å²) in [5.74, 6) is 1.34. The molecule has 0 saturated carbocycles. The lowest BCUT2D eigenvalue weighted by Crippen LogP contribution is -2.09. The lowest BCUT2D eigenvalue weighted by molar-refractivity contribution is -0.111. The van der Waals surface area contributed by atoms with Crippen molar-refractivity contribution in [2.75, 3.05) is 12.4 Å². The third-order valence-electron chi connectivity index (χ3n) is 3.16. The zero-order chi connectivity index (χ0) is 17.5. The van der Waals surface area contributed by atoms with Gasteiger partial charge in [-0.2, -0.15) is 0 Å². The molecule has 0 radical (unpaired) electrons. The Morgan fingerprint density at radius 3 is 2.68 bits per heavy atom. The average molecular weight is 353 g/mol. The fourth-order valence-corrected chi connectivity index (χ4v) is 2.48. The minimum atomic E-state index is -0.291. The van der Waals surface area contributed by atoms with Crippen LogP contribution >= 0.6 is 11.3 Å². The van der Waals surface area contributed by atoms with Crippen LogP contribution in [0.25, 0.3) is 6.08 Å². The largest absolute Gasteiger partial charge is 0.497 e. The molecule has 1 amide bonds. The summed E-state index contributed by atoms with van der Waals surface area (Å²) >= 11 is 1.47. The Bertz CT molecular complexity index is 862. The summed E-state index contributed by atoms with van der Waals surface area (Å²) in [5, 5.41) is 4.61. The number of pyridine rings is 1. The molecule has 3 rings (SSSR count). The Morgan fingerprint density at radius 1 is 1.16 bits per heavy atom. The summed E-state index contributed by atoms with van der Waals surface area (Å²) in [5.41, 5.74) is 2.92. The molecule has 6 nitrogen and oxygen atoms in total. The van der Waals surface area contributed by atoms with E-state index in [1.807, 2.05) is 5.38 Å². The first-order valence-electron chi connectivity index (χ1n) is 7.39. The fraction of sp³-hybridized carbons (Fsp3) is 0.0556. The number of methoxy groups -OCH3 is 1. The first-order chi connectivity index (χ1) is 12.2. The number of carbonyl (C=O) groups excluding carboxylic acids is 1. The van der Waals surface area contributed by atoms with Crippen molar-refractivity contribution in [1.29, 1.82) is 0 Å². The Morgan fingerprint density at radius 2 is 1.96 bits per heavy atom. The van der Waals surface area contributed by atoms with Gasteiger partial charge in [-0.1, -0.05) is 0 Å². The zero-order valence-corrected chi connectivity index (χ0v) is 14.2.